The molecule has 1 aromatic heterocycles. The quantitative estimate of drug-likeness (QED) is 0.692. The van der Waals surface area contributed by atoms with Gasteiger partial charge in [0.25, 0.3) is 5.22 Å². The first-order valence-corrected chi connectivity index (χ1v) is 11.4. The van der Waals surface area contributed by atoms with Crippen molar-refractivity contribution in [3.05, 3.63) is 24.3 Å². The molecule has 0 saturated heterocycles. The fraction of sp³-hybridized carbons (Fsp3) is 0.500. The lowest BCUT2D eigenvalue weighted by Gasteiger charge is -2.18. The summed E-state index contributed by atoms with van der Waals surface area (Å²) in [5.41, 5.74) is 0.539. The van der Waals surface area contributed by atoms with Crippen molar-refractivity contribution < 1.29 is 17.6 Å². The number of sulfonamides is 1. The van der Waals surface area contributed by atoms with Crippen molar-refractivity contribution in [1.82, 2.24) is 14.5 Å². The summed E-state index contributed by atoms with van der Waals surface area (Å²) >= 11 is 1.29. The van der Waals surface area contributed by atoms with Crippen molar-refractivity contribution >= 4 is 27.6 Å². The van der Waals surface area contributed by atoms with Crippen molar-refractivity contribution in [3.63, 3.8) is 0 Å². The zero-order valence-corrected chi connectivity index (χ0v) is 17.1. The standard InChI is InChI=1S/C18H23N3O4S2/c1-3-21(4-2)27(23,24)14-9-7-8-13(12-14)17-19-20-18(25-17)26-16-11-6-5-10-15(16)22/h7-9,12,16H,3-6,10-11H2,1-2H3. The monoisotopic (exact) mass is 409 g/mol. The van der Waals surface area contributed by atoms with Crippen LogP contribution in [0.4, 0.5) is 0 Å². The number of benzene rings is 1. The summed E-state index contributed by atoms with van der Waals surface area (Å²) in [7, 11) is -3.56. The zero-order chi connectivity index (χ0) is 19.4. The van der Waals surface area contributed by atoms with Crippen LogP contribution in [0.5, 0.6) is 0 Å². The summed E-state index contributed by atoms with van der Waals surface area (Å²) in [6, 6.07) is 6.49. The summed E-state index contributed by atoms with van der Waals surface area (Å²) in [6.07, 6.45) is 3.39. The number of hydrogen-bond acceptors (Lipinski definition) is 7. The summed E-state index contributed by atoms with van der Waals surface area (Å²) < 4.78 is 32.5. The lowest BCUT2D eigenvalue weighted by Crippen LogP contribution is -2.30. The van der Waals surface area contributed by atoms with Gasteiger partial charge in [-0.15, -0.1) is 10.2 Å². The Morgan fingerprint density at radius 2 is 2.00 bits per heavy atom. The Balaban J connectivity index is 1.82. The van der Waals surface area contributed by atoms with E-state index in [1.54, 1.807) is 38.1 Å². The first kappa shape index (κ1) is 20.0. The normalized spacial score (nSPS) is 18.2. The average Bonchev–Trinajstić information content (AvgIpc) is 3.13. The summed E-state index contributed by atoms with van der Waals surface area (Å²) in [5, 5.41) is 8.24. The van der Waals surface area contributed by atoms with Gasteiger partial charge in [0.15, 0.2) is 0 Å². The molecule has 0 N–H and O–H groups in total. The Kier molecular flexibility index (Phi) is 6.33. The molecule has 27 heavy (non-hydrogen) atoms. The fourth-order valence-electron chi connectivity index (χ4n) is 3.07. The molecule has 1 saturated carbocycles. The molecule has 0 aliphatic heterocycles. The molecule has 0 radical (unpaired) electrons. The van der Waals surface area contributed by atoms with Gasteiger partial charge < -0.3 is 4.42 Å². The molecule has 1 unspecified atom stereocenters. The highest BCUT2D eigenvalue weighted by atomic mass is 32.2. The maximum Gasteiger partial charge on any atom is 0.277 e. The van der Waals surface area contributed by atoms with Gasteiger partial charge in [0, 0.05) is 25.1 Å². The summed E-state index contributed by atoms with van der Waals surface area (Å²) in [5.74, 6) is 0.468. The Morgan fingerprint density at radius 1 is 1.22 bits per heavy atom. The highest BCUT2D eigenvalue weighted by molar-refractivity contribution is 8.00. The van der Waals surface area contributed by atoms with Crippen molar-refractivity contribution in [1.29, 1.82) is 0 Å². The first-order chi connectivity index (χ1) is 13.0. The lowest BCUT2D eigenvalue weighted by molar-refractivity contribution is -0.119. The van der Waals surface area contributed by atoms with Gasteiger partial charge in [-0.25, -0.2) is 8.42 Å². The molecule has 0 spiro atoms. The summed E-state index contributed by atoms with van der Waals surface area (Å²) in [6.45, 7) is 4.41. The van der Waals surface area contributed by atoms with Crippen molar-refractivity contribution in [3.8, 4) is 11.5 Å². The van der Waals surface area contributed by atoms with Crippen molar-refractivity contribution in [2.45, 2.75) is 54.9 Å². The van der Waals surface area contributed by atoms with Crippen molar-refractivity contribution in [2.75, 3.05) is 13.1 Å². The number of hydrogen-bond donors (Lipinski definition) is 0. The molecule has 1 aliphatic rings. The van der Waals surface area contributed by atoms with Gasteiger partial charge in [-0.3, -0.25) is 4.79 Å². The lowest BCUT2D eigenvalue weighted by atomic mass is 9.99. The molecular weight excluding hydrogens is 386 g/mol. The highest BCUT2D eigenvalue weighted by Crippen LogP contribution is 2.32. The predicted molar refractivity (Wildman–Crippen MR) is 103 cm³/mol. The van der Waals surface area contributed by atoms with E-state index in [2.05, 4.69) is 10.2 Å². The van der Waals surface area contributed by atoms with Crippen LogP contribution in [-0.4, -0.2) is 47.0 Å². The predicted octanol–water partition coefficient (Wildman–Crippen LogP) is 3.37. The topological polar surface area (TPSA) is 93.4 Å². The Labute approximate surface area is 163 Å². The van der Waals surface area contributed by atoms with Gasteiger partial charge in [-0.05, 0) is 31.0 Å². The van der Waals surface area contributed by atoms with Crippen molar-refractivity contribution in [2.24, 2.45) is 0 Å². The second-order valence-electron chi connectivity index (χ2n) is 6.31. The summed E-state index contributed by atoms with van der Waals surface area (Å²) in [4.78, 5) is 12.2. The zero-order valence-electron chi connectivity index (χ0n) is 15.4. The SMILES string of the molecule is CCN(CC)S(=O)(=O)c1cccc(-c2nnc(SC3CCCCC3=O)o2)c1. The highest BCUT2D eigenvalue weighted by Gasteiger charge is 2.26. The molecule has 2 aromatic rings. The minimum absolute atomic E-state index is 0.138. The Morgan fingerprint density at radius 3 is 2.70 bits per heavy atom. The van der Waals surface area contributed by atoms with E-state index in [1.165, 1.54) is 16.1 Å². The van der Waals surface area contributed by atoms with Gasteiger partial charge in [0.1, 0.15) is 5.78 Å². The third-order valence-corrected chi connectivity index (χ3v) is 7.77. The number of rotatable bonds is 7. The average molecular weight is 410 g/mol. The van der Waals surface area contributed by atoms with E-state index >= 15 is 0 Å². The van der Waals surface area contributed by atoms with Crippen LogP contribution in [0.25, 0.3) is 11.5 Å². The van der Waals surface area contributed by atoms with Crippen LogP contribution < -0.4 is 0 Å². The van der Waals surface area contributed by atoms with Gasteiger partial charge >= 0.3 is 0 Å². The number of carbonyl (C=O) groups is 1. The van der Waals surface area contributed by atoms with Gasteiger partial charge in [0.2, 0.25) is 15.9 Å². The van der Waals surface area contributed by atoms with E-state index in [0.717, 1.165) is 19.3 Å². The molecule has 146 valence electrons. The minimum Gasteiger partial charge on any atom is -0.411 e. The van der Waals surface area contributed by atoms with Crippen LogP contribution in [0.1, 0.15) is 39.5 Å². The number of thioether (sulfide) groups is 1. The maximum atomic E-state index is 12.7. The van der Waals surface area contributed by atoms with Crippen LogP contribution in [-0.2, 0) is 14.8 Å². The molecule has 1 atom stereocenters. The van der Waals surface area contributed by atoms with E-state index in [9.17, 15) is 13.2 Å². The second kappa shape index (κ2) is 8.53. The number of nitrogens with zero attached hydrogens (tertiary/aromatic N) is 3. The van der Waals surface area contributed by atoms with Gasteiger partial charge in [-0.2, -0.15) is 4.31 Å². The Hall–Kier alpha value is -1.71. The number of carbonyl (C=O) groups excluding carboxylic acids is 1. The van der Waals surface area contributed by atoms with Crippen LogP contribution in [0.15, 0.2) is 38.8 Å². The molecule has 7 nitrogen and oxygen atoms in total. The molecule has 1 aromatic carbocycles. The number of ketones is 1. The van der Waals surface area contributed by atoms with Crippen LogP contribution in [0, 0.1) is 0 Å². The van der Waals surface area contributed by atoms with E-state index in [-0.39, 0.29) is 21.8 Å². The largest absolute Gasteiger partial charge is 0.411 e. The van der Waals surface area contributed by atoms with Crippen LogP contribution >= 0.6 is 11.8 Å². The third kappa shape index (κ3) is 4.41. The van der Waals surface area contributed by atoms with Gasteiger partial charge in [-0.1, -0.05) is 38.1 Å². The van der Waals surface area contributed by atoms with Crippen LogP contribution in [0.3, 0.4) is 0 Å². The molecule has 1 aliphatic carbocycles. The first-order valence-electron chi connectivity index (χ1n) is 9.09. The van der Waals surface area contributed by atoms with E-state index in [4.69, 9.17) is 4.42 Å². The smallest absolute Gasteiger partial charge is 0.277 e. The van der Waals surface area contributed by atoms with E-state index in [1.807, 2.05) is 0 Å². The molecule has 0 bridgehead atoms. The number of Topliss-reactive ketones (excluding diaryl/α,β-unsaturated/α-hetero) is 1. The molecule has 0 amide bonds. The van der Waals surface area contributed by atoms with Crippen LogP contribution in [0.2, 0.25) is 0 Å². The molecule has 3 rings (SSSR count). The van der Waals surface area contributed by atoms with E-state index < -0.39 is 10.0 Å². The Bertz CT molecular complexity index is 907. The minimum atomic E-state index is -3.56. The third-order valence-electron chi connectivity index (χ3n) is 4.57. The second-order valence-corrected chi connectivity index (χ2v) is 9.40. The molecule has 9 heteroatoms. The van der Waals surface area contributed by atoms with Gasteiger partial charge in [0.05, 0.1) is 10.1 Å². The number of aromatic nitrogens is 2. The fourth-order valence-corrected chi connectivity index (χ4v) is 5.57. The molecular formula is C18H23N3O4S2. The molecule has 1 fully saturated rings. The maximum absolute atomic E-state index is 12.7. The van der Waals surface area contributed by atoms with E-state index in [0.29, 0.717) is 30.3 Å². The molecule has 1 heterocycles.